The molecular weight excluding hydrogens is 226 g/mol. The summed E-state index contributed by atoms with van der Waals surface area (Å²) in [5.74, 6) is 0.508. The van der Waals surface area contributed by atoms with Crippen LogP contribution in [0.2, 0.25) is 0 Å². The second-order valence-electron chi connectivity index (χ2n) is 4.35. The molecule has 0 amide bonds. The minimum Gasteiger partial charge on any atom is -0.475 e. The zero-order valence-electron chi connectivity index (χ0n) is 10.6. The van der Waals surface area contributed by atoms with Crippen LogP contribution in [-0.4, -0.2) is 16.2 Å². The molecule has 1 aromatic carbocycles. The van der Waals surface area contributed by atoms with Crippen molar-refractivity contribution in [2.45, 2.75) is 26.6 Å². The van der Waals surface area contributed by atoms with Gasteiger partial charge in [0.15, 0.2) is 0 Å². The Morgan fingerprint density at radius 1 is 1.11 bits per heavy atom. The van der Waals surface area contributed by atoms with E-state index in [1.807, 2.05) is 56.3 Å². The lowest BCUT2D eigenvalue weighted by molar-refractivity contribution is 0.217. The molecule has 0 atom stereocenters. The second kappa shape index (κ2) is 5.65. The minimum absolute atomic E-state index is 0.0359. The van der Waals surface area contributed by atoms with Crippen LogP contribution in [-0.2, 0) is 6.61 Å². The Balaban J connectivity index is 2.39. The Kier molecular flexibility index (Phi) is 3.95. The molecule has 0 aliphatic heterocycles. The summed E-state index contributed by atoms with van der Waals surface area (Å²) in [5.41, 5.74) is 2.60. The molecule has 0 spiro atoms. The van der Waals surface area contributed by atoms with E-state index in [0.717, 1.165) is 11.3 Å². The first-order valence-electron chi connectivity index (χ1n) is 6.03. The number of aromatic nitrogens is 1. The topological polar surface area (TPSA) is 42.4 Å². The van der Waals surface area contributed by atoms with E-state index in [-0.39, 0.29) is 12.7 Å². The predicted molar refractivity (Wildman–Crippen MR) is 71.4 cm³/mol. The molecule has 3 nitrogen and oxygen atoms in total. The van der Waals surface area contributed by atoms with Gasteiger partial charge < -0.3 is 9.84 Å². The first kappa shape index (κ1) is 12.6. The van der Waals surface area contributed by atoms with Crippen molar-refractivity contribution in [2.24, 2.45) is 0 Å². The number of rotatable bonds is 4. The van der Waals surface area contributed by atoms with Crippen molar-refractivity contribution >= 4 is 0 Å². The van der Waals surface area contributed by atoms with E-state index in [1.165, 1.54) is 0 Å². The SMILES string of the molecule is CC(C)Oc1nc(-c2ccccc2)ccc1CO. The molecule has 18 heavy (non-hydrogen) atoms. The Hall–Kier alpha value is -1.87. The molecule has 0 fully saturated rings. The standard InChI is InChI=1S/C15H17NO2/c1-11(2)18-15-13(10-17)8-9-14(16-15)12-6-4-3-5-7-12/h3-9,11,17H,10H2,1-2H3. The van der Waals surface area contributed by atoms with E-state index < -0.39 is 0 Å². The summed E-state index contributed by atoms with van der Waals surface area (Å²) in [6, 6.07) is 13.7. The molecule has 1 aromatic heterocycles. The van der Waals surface area contributed by atoms with Gasteiger partial charge in [0.1, 0.15) is 0 Å². The fraction of sp³-hybridized carbons (Fsp3) is 0.267. The minimum atomic E-state index is -0.0654. The molecule has 0 aliphatic rings. The molecule has 3 heteroatoms. The third-order valence-corrected chi connectivity index (χ3v) is 2.53. The van der Waals surface area contributed by atoms with Crippen molar-refractivity contribution in [3.05, 3.63) is 48.0 Å². The highest BCUT2D eigenvalue weighted by Gasteiger charge is 2.09. The summed E-state index contributed by atoms with van der Waals surface area (Å²) < 4.78 is 5.63. The van der Waals surface area contributed by atoms with Crippen molar-refractivity contribution in [3.63, 3.8) is 0 Å². The average molecular weight is 243 g/mol. The molecule has 2 aromatic rings. The number of ether oxygens (including phenoxy) is 1. The second-order valence-corrected chi connectivity index (χ2v) is 4.35. The van der Waals surface area contributed by atoms with Gasteiger partial charge in [0, 0.05) is 11.1 Å². The average Bonchev–Trinajstić information content (AvgIpc) is 2.39. The van der Waals surface area contributed by atoms with Crippen molar-refractivity contribution in [2.75, 3.05) is 0 Å². The number of nitrogens with zero attached hydrogens (tertiary/aromatic N) is 1. The van der Waals surface area contributed by atoms with Gasteiger partial charge in [0.05, 0.1) is 18.4 Å². The summed E-state index contributed by atoms with van der Waals surface area (Å²) in [6.07, 6.45) is 0.0359. The lowest BCUT2D eigenvalue weighted by atomic mass is 10.1. The maximum Gasteiger partial charge on any atom is 0.219 e. The number of aliphatic hydroxyl groups is 1. The largest absolute Gasteiger partial charge is 0.475 e. The molecule has 94 valence electrons. The molecule has 0 bridgehead atoms. The van der Waals surface area contributed by atoms with Gasteiger partial charge in [-0.1, -0.05) is 30.3 Å². The fourth-order valence-corrected chi connectivity index (χ4v) is 1.68. The zero-order chi connectivity index (χ0) is 13.0. The highest BCUT2D eigenvalue weighted by Crippen LogP contribution is 2.23. The molecule has 1 N–H and O–H groups in total. The summed E-state index contributed by atoms with van der Waals surface area (Å²) in [6.45, 7) is 3.82. The van der Waals surface area contributed by atoms with Crippen molar-refractivity contribution in [3.8, 4) is 17.1 Å². The fourth-order valence-electron chi connectivity index (χ4n) is 1.68. The summed E-state index contributed by atoms with van der Waals surface area (Å²) in [7, 11) is 0. The Bertz CT molecular complexity index is 509. The van der Waals surface area contributed by atoms with Gasteiger partial charge in [0.2, 0.25) is 5.88 Å². The highest BCUT2D eigenvalue weighted by atomic mass is 16.5. The molecular formula is C15H17NO2. The lowest BCUT2D eigenvalue weighted by Gasteiger charge is -2.13. The van der Waals surface area contributed by atoms with Crippen LogP contribution >= 0.6 is 0 Å². The highest BCUT2D eigenvalue weighted by molar-refractivity contribution is 5.60. The van der Waals surface area contributed by atoms with Gasteiger partial charge in [-0.15, -0.1) is 0 Å². The molecule has 0 unspecified atom stereocenters. The van der Waals surface area contributed by atoms with Crippen LogP contribution in [0.5, 0.6) is 5.88 Å². The van der Waals surface area contributed by atoms with Gasteiger partial charge in [-0.3, -0.25) is 0 Å². The molecule has 0 saturated heterocycles. The normalized spacial score (nSPS) is 10.7. The molecule has 0 saturated carbocycles. The number of aliphatic hydroxyl groups excluding tert-OH is 1. The maximum atomic E-state index is 9.27. The zero-order valence-corrected chi connectivity index (χ0v) is 10.6. The van der Waals surface area contributed by atoms with E-state index >= 15 is 0 Å². The van der Waals surface area contributed by atoms with Crippen LogP contribution in [0.15, 0.2) is 42.5 Å². The Morgan fingerprint density at radius 2 is 1.83 bits per heavy atom. The van der Waals surface area contributed by atoms with E-state index in [0.29, 0.717) is 11.4 Å². The smallest absolute Gasteiger partial charge is 0.219 e. The number of hydrogen-bond donors (Lipinski definition) is 1. The maximum absolute atomic E-state index is 9.27. The predicted octanol–water partition coefficient (Wildman–Crippen LogP) is 3.03. The Morgan fingerprint density at radius 3 is 2.44 bits per heavy atom. The van der Waals surface area contributed by atoms with Crippen LogP contribution in [0.4, 0.5) is 0 Å². The third-order valence-electron chi connectivity index (χ3n) is 2.53. The summed E-state index contributed by atoms with van der Waals surface area (Å²) >= 11 is 0. The van der Waals surface area contributed by atoms with E-state index in [2.05, 4.69) is 4.98 Å². The van der Waals surface area contributed by atoms with Crippen LogP contribution < -0.4 is 4.74 Å². The summed E-state index contributed by atoms with van der Waals surface area (Å²) in [4.78, 5) is 4.47. The van der Waals surface area contributed by atoms with E-state index in [4.69, 9.17) is 4.74 Å². The van der Waals surface area contributed by atoms with Crippen LogP contribution in [0.1, 0.15) is 19.4 Å². The molecule has 0 radical (unpaired) electrons. The van der Waals surface area contributed by atoms with E-state index in [1.54, 1.807) is 0 Å². The third kappa shape index (κ3) is 2.87. The van der Waals surface area contributed by atoms with Crippen LogP contribution in [0.3, 0.4) is 0 Å². The number of hydrogen-bond acceptors (Lipinski definition) is 3. The van der Waals surface area contributed by atoms with E-state index in [9.17, 15) is 5.11 Å². The quantitative estimate of drug-likeness (QED) is 0.897. The number of benzene rings is 1. The monoisotopic (exact) mass is 243 g/mol. The van der Waals surface area contributed by atoms with Crippen molar-refractivity contribution in [1.82, 2.24) is 4.98 Å². The molecule has 0 aliphatic carbocycles. The first-order valence-corrected chi connectivity index (χ1v) is 6.03. The molecule has 2 rings (SSSR count). The molecule has 1 heterocycles. The van der Waals surface area contributed by atoms with Gasteiger partial charge >= 0.3 is 0 Å². The first-order chi connectivity index (χ1) is 8.70. The Labute approximate surface area is 107 Å². The van der Waals surface area contributed by atoms with Crippen molar-refractivity contribution < 1.29 is 9.84 Å². The van der Waals surface area contributed by atoms with Gasteiger partial charge in [-0.2, -0.15) is 0 Å². The van der Waals surface area contributed by atoms with Crippen molar-refractivity contribution in [1.29, 1.82) is 0 Å². The van der Waals surface area contributed by atoms with Gasteiger partial charge in [-0.25, -0.2) is 4.98 Å². The van der Waals surface area contributed by atoms with Crippen LogP contribution in [0, 0.1) is 0 Å². The van der Waals surface area contributed by atoms with Crippen LogP contribution in [0.25, 0.3) is 11.3 Å². The number of pyridine rings is 1. The van der Waals surface area contributed by atoms with Gasteiger partial charge in [0.25, 0.3) is 0 Å². The summed E-state index contributed by atoms with van der Waals surface area (Å²) in [5, 5.41) is 9.27. The lowest BCUT2D eigenvalue weighted by Crippen LogP contribution is -2.09. The van der Waals surface area contributed by atoms with Gasteiger partial charge in [-0.05, 0) is 26.0 Å².